The van der Waals surface area contributed by atoms with Crippen LogP contribution in [0.25, 0.3) is 0 Å². The minimum absolute atomic E-state index is 0.815. The van der Waals surface area contributed by atoms with Crippen molar-refractivity contribution in [3.8, 4) is 0 Å². The van der Waals surface area contributed by atoms with E-state index >= 15 is 0 Å². The molecule has 0 aliphatic carbocycles. The number of hydrogen-bond donors (Lipinski definition) is 0. The zero-order valence-corrected chi connectivity index (χ0v) is 12.3. The summed E-state index contributed by atoms with van der Waals surface area (Å²) in [5.74, 6) is 1.70. The summed E-state index contributed by atoms with van der Waals surface area (Å²) in [5, 5.41) is 0. The molecule has 0 saturated carbocycles. The molecule has 1 aromatic heterocycles. The lowest BCUT2D eigenvalue weighted by Crippen LogP contribution is -2.24. The third-order valence-corrected chi connectivity index (χ3v) is 4.20. The molecule has 2 heterocycles. The minimum atomic E-state index is 0.815. The van der Waals surface area contributed by atoms with Crippen LogP contribution in [-0.2, 0) is 0 Å². The molecule has 2 rings (SSSR count). The van der Waals surface area contributed by atoms with Crippen LogP contribution in [0.2, 0.25) is 0 Å². The standard InChI is InChI=1S/C14H21BrN2/c1-11(2)12-4-3-6-17(7-5-12)14-8-13(15)9-16-10-14/h8-12H,3-7H2,1-2H3. The van der Waals surface area contributed by atoms with E-state index in [0.29, 0.717) is 0 Å². The lowest BCUT2D eigenvalue weighted by molar-refractivity contribution is 0.351. The van der Waals surface area contributed by atoms with Crippen molar-refractivity contribution < 1.29 is 0 Å². The van der Waals surface area contributed by atoms with Gasteiger partial charge in [0.2, 0.25) is 0 Å². The van der Waals surface area contributed by atoms with Gasteiger partial charge in [0, 0.05) is 23.8 Å². The monoisotopic (exact) mass is 296 g/mol. The fraction of sp³-hybridized carbons (Fsp3) is 0.643. The van der Waals surface area contributed by atoms with Gasteiger partial charge in [0.25, 0.3) is 0 Å². The molecule has 17 heavy (non-hydrogen) atoms. The predicted molar refractivity (Wildman–Crippen MR) is 76.3 cm³/mol. The van der Waals surface area contributed by atoms with Gasteiger partial charge < -0.3 is 4.90 Å². The van der Waals surface area contributed by atoms with Gasteiger partial charge in [-0.15, -0.1) is 0 Å². The maximum absolute atomic E-state index is 4.26. The second-order valence-corrected chi connectivity index (χ2v) is 6.20. The van der Waals surface area contributed by atoms with Crippen LogP contribution in [0.15, 0.2) is 22.9 Å². The second-order valence-electron chi connectivity index (χ2n) is 5.28. The Hall–Kier alpha value is -0.570. The first-order valence-electron chi connectivity index (χ1n) is 6.52. The van der Waals surface area contributed by atoms with Crippen LogP contribution in [0.3, 0.4) is 0 Å². The molecule has 1 aromatic rings. The summed E-state index contributed by atoms with van der Waals surface area (Å²) < 4.78 is 1.07. The number of pyridine rings is 1. The van der Waals surface area contributed by atoms with Gasteiger partial charge in [-0.05, 0) is 53.1 Å². The Kier molecular flexibility index (Phi) is 4.43. The van der Waals surface area contributed by atoms with Crippen molar-refractivity contribution in [2.75, 3.05) is 18.0 Å². The Balaban J connectivity index is 2.04. The largest absolute Gasteiger partial charge is 0.370 e. The quantitative estimate of drug-likeness (QED) is 0.816. The first-order chi connectivity index (χ1) is 8.16. The maximum Gasteiger partial charge on any atom is 0.0564 e. The van der Waals surface area contributed by atoms with Gasteiger partial charge in [0.15, 0.2) is 0 Å². The molecular formula is C14H21BrN2. The number of nitrogens with zero attached hydrogens (tertiary/aromatic N) is 2. The molecule has 1 aliphatic rings. The summed E-state index contributed by atoms with van der Waals surface area (Å²) in [6.45, 7) is 7.03. The number of hydrogen-bond acceptors (Lipinski definition) is 2. The van der Waals surface area contributed by atoms with Crippen LogP contribution in [0.5, 0.6) is 0 Å². The van der Waals surface area contributed by atoms with E-state index in [1.807, 2.05) is 12.4 Å². The lowest BCUT2D eigenvalue weighted by Gasteiger charge is -2.23. The van der Waals surface area contributed by atoms with Gasteiger partial charge in [-0.1, -0.05) is 13.8 Å². The number of halogens is 1. The third kappa shape index (κ3) is 3.44. The maximum atomic E-state index is 4.26. The van der Waals surface area contributed by atoms with Crippen LogP contribution in [-0.4, -0.2) is 18.1 Å². The Morgan fingerprint density at radius 2 is 2.12 bits per heavy atom. The first-order valence-corrected chi connectivity index (χ1v) is 7.31. The number of anilines is 1. The van der Waals surface area contributed by atoms with E-state index in [9.17, 15) is 0 Å². The van der Waals surface area contributed by atoms with E-state index in [2.05, 4.69) is 45.7 Å². The zero-order valence-electron chi connectivity index (χ0n) is 10.7. The average molecular weight is 297 g/mol. The van der Waals surface area contributed by atoms with Gasteiger partial charge in [-0.3, -0.25) is 4.98 Å². The van der Waals surface area contributed by atoms with Crippen molar-refractivity contribution in [3.05, 3.63) is 22.9 Å². The van der Waals surface area contributed by atoms with Crippen molar-refractivity contribution in [2.24, 2.45) is 11.8 Å². The normalized spacial score (nSPS) is 21.6. The molecule has 1 atom stereocenters. The van der Waals surface area contributed by atoms with Crippen molar-refractivity contribution in [2.45, 2.75) is 33.1 Å². The van der Waals surface area contributed by atoms with Gasteiger partial charge in [0.1, 0.15) is 0 Å². The highest BCUT2D eigenvalue weighted by Crippen LogP contribution is 2.27. The van der Waals surface area contributed by atoms with E-state index in [0.717, 1.165) is 16.3 Å². The Bertz CT molecular complexity index is 365. The first kappa shape index (κ1) is 12.9. The smallest absolute Gasteiger partial charge is 0.0564 e. The SMILES string of the molecule is CC(C)C1CCCN(c2cncc(Br)c2)CC1. The highest BCUT2D eigenvalue weighted by molar-refractivity contribution is 9.10. The fourth-order valence-corrected chi connectivity index (χ4v) is 2.97. The Morgan fingerprint density at radius 3 is 2.82 bits per heavy atom. The molecule has 0 bridgehead atoms. The summed E-state index contributed by atoms with van der Waals surface area (Å²) in [6.07, 6.45) is 7.80. The molecule has 0 spiro atoms. The zero-order chi connectivity index (χ0) is 12.3. The third-order valence-electron chi connectivity index (χ3n) is 3.77. The van der Waals surface area contributed by atoms with Crippen molar-refractivity contribution in [3.63, 3.8) is 0 Å². The summed E-state index contributed by atoms with van der Waals surface area (Å²) >= 11 is 3.49. The second kappa shape index (κ2) is 5.85. The van der Waals surface area contributed by atoms with E-state index in [4.69, 9.17) is 0 Å². The average Bonchev–Trinajstić information content (AvgIpc) is 2.54. The molecule has 1 saturated heterocycles. The summed E-state index contributed by atoms with van der Waals surface area (Å²) in [5.41, 5.74) is 1.25. The summed E-state index contributed by atoms with van der Waals surface area (Å²) in [6, 6.07) is 2.17. The Morgan fingerprint density at radius 1 is 1.29 bits per heavy atom. The molecule has 3 heteroatoms. The van der Waals surface area contributed by atoms with E-state index in [1.54, 1.807) is 0 Å². The van der Waals surface area contributed by atoms with Crippen molar-refractivity contribution >= 4 is 21.6 Å². The molecule has 1 fully saturated rings. The fourth-order valence-electron chi connectivity index (χ4n) is 2.62. The molecule has 1 aliphatic heterocycles. The number of aromatic nitrogens is 1. The summed E-state index contributed by atoms with van der Waals surface area (Å²) in [7, 11) is 0. The van der Waals surface area contributed by atoms with Crippen molar-refractivity contribution in [1.29, 1.82) is 0 Å². The van der Waals surface area contributed by atoms with E-state index < -0.39 is 0 Å². The molecule has 0 amide bonds. The highest BCUT2D eigenvalue weighted by atomic mass is 79.9. The van der Waals surface area contributed by atoms with Crippen LogP contribution >= 0.6 is 15.9 Å². The lowest BCUT2D eigenvalue weighted by atomic mass is 9.89. The van der Waals surface area contributed by atoms with Gasteiger partial charge in [0.05, 0.1) is 11.9 Å². The van der Waals surface area contributed by atoms with Gasteiger partial charge in [-0.2, -0.15) is 0 Å². The minimum Gasteiger partial charge on any atom is -0.370 e. The predicted octanol–water partition coefficient (Wildman–Crippen LogP) is 4.11. The Labute approximate surface area is 113 Å². The van der Waals surface area contributed by atoms with Crippen LogP contribution in [0.1, 0.15) is 33.1 Å². The topological polar surface area (TPSA) is 16.1 Å². The molecule has 0 radical (unpaired) electrons. The molecule has 0 aromatic carbocycles. The van der Waals surface area contributed by atoms with Crippen LogP contribution < -0.4 is 4.90 Å². The van der Waals surface area contributed by atoms with E-state index in [1.165, 1.54) is 38.0 Å². The molecule has 0 N–H and O–H groups in total. The number of rotatable bonds is 2. The van der Waals surface area contributed by atoms with Crippen LogP contribution in [0, 0.1) is 11.8 Å². The van der Waals surface area contributed by atoms with Crippen molar-refractivity contribution in [1.82, 2.24) is 4.98 Å². The summed E-state index contributed by atoms with van der Waals surface area (Å²) in [4.78, 5) is 6.73. The molecule has 1 unspecified atom stereocenters. The highest BCUT2D eigenvalue weighted by Gasteiger charge is 2.19. The van der Waals surface area contributed by atoms with Gasteiger partial charge in [-0.25, -0.2) is 0 Å². The van der Waals surface area contributed by atoms with E-state index in [-0.39, 0.29) is 0 Å². The molecular weight excluding hydrogens is 276 g/mol. The van der Waals surface area contributed by atoms with Crippen LogP contribution in [0.4, 0.5) is 5.69 Å². The van der Waals surface area contributed by atoms with Gasteiger partial charge >= 0.3 is 0 Å². The molecule has 2 nitrogen and oxygen atoms in total. The molecule has 94 valence electrons.